The van der Waals surface area contributed by atoms with Gasteiger partial charge in [0, 0.05) is 14.7 Å². The van der Waals surface area contributed by atoms with Gasteiger partial charge in [-0.1, -0.05) is 26.2 Å². The Balaban J connectivity index is 2.30. The summed E-state index contributed by atoms with van der Waals surface area (Å²) in [6, 6.07) is 1.12. The van der Waals surface area contributed by atoms with Crippen LogP contribution in [0.2, 0.25) is 25.7 Å². The molecule has 1 aromatic heterocycles. The maximum absolute atomic E-state index is 11.2. The highest BCUT2D eigenvalue weighted by Gasteiger charge is 2.12. The molecule has 0 radical (unpaired) electrons. The number of nitrogens with zero attached hydrogens (tertiary/aromatic N) is 2. The molecule has 1 aromatic rings. The molecule has 0 saturated heterocycles. The highest BCUT2D eigenvalue weighted by Crippen LogP contribution is 2.11. The Morgan fingerprint density at radius 2 is 2.14 bits per heavy atom. The lowest BCUT2D eigenvalue weighted by Gasteiger charge is -2.15. The molecule has 6 nitrogen and oxygen atoms in total. The second kappa shape index (κ2) is 7.99. The first-order chi connectivity index (χ1) is 9.81. The van der Waals surface area contributed by atoms with Crippen molar-refractivity contribution < 1.29 is 19.0 Å². The zero-order valence-electron chi connectivity index (χ0n) is 13.2. The van der Waals surface area contributed by atoms with E-state index in [2.05, 4.69) is 36.1 Å². The smallest absolute Gasteiger partial charge is 0.336 e. The van der Waals surface area contributed by atoms with E-state index in [4.69, 9.17) is 9.47 Å². The molecular weight excluding hydrogens is 288 g/mol. The SMILES string of the molecule is C=C(COc1cnn(COCC[Si](C)(C)C)c1)C(=O)OC. The van der Waals surface area contributed by atoms with Crippen LogP contribution in [0.1, 0.15) is 0 Å². The molecule has 0 bridgehead atoms. The van der Waals surface area contributed by atoms with E-state index in [0.29, 0.717) is 12.5 Å². The van der Waals surface area contributed by atoms with Gasteiger partial charge in [0.1, 0.15) is 13.3 Å². The van der Waals surface area contributed by atoms with E-state index >= 15 is 0 Å². The van der Waals surface area contributed by atoms with E-state index in [1.54, 1.807) is 17.1 Å². The summed E-state index contributed by atoms with van der Waals surface area (Å²) >= 11 is 0. The Bertz CT molecular complexity index is 480. The van der Waals surface area contributed by atoms with Crippen molar-refractivity contribution in [3.05, 3.63) is 24.5 Å². The van der Waals surface area contributed by atoms with Crippen LogP contribution < -0.4 is 4.74 Å². The average Bonchev–Trinajstić information content (AvgIpc) is 2.87. The Morgan fingerprint density at radius 3 is 2.76 bits per heavy atom. The number of methoxy groups -OCH3 is 1. The Labute approximate surface area is 126 Å². The highest BCUT2D eigenvalue weighted by molar-refractivity contribution is 6.76. The molecule has 118 valence electrons. The maximum Gasteiger partial charge on any atom is 0.336 e. The first-order valence-corrected chi connectivity index (χ1v) is 10.5. The quantitative estimate of drug-likeness (QED) is 0.303. The second-order valence-electron chi connectivity index (χ2n) is 5.95. The van der Waals surface area contributed by atoms with Gasteiger partial charge in [0.05, 0.1) is 25.1 Å². The van der Waals surface area contributed by atoms with Crippen molar-refractivity contribution in [3.8, 4) is 5.75 Å². The van der Waals surface area contributed by atoms with Crippen LogP contribution in [0.25, 0.3) is 0 Å². The van der Waals surface area contributed by atoms with Gasteiger partial charge in [-0.15, -0.1) is 0 Å². The molecule has 0 aromatic carbocycles. The van der Waals surface area contributed by atoms with Crippen molar-refractivity contribution >= 4 is 14.0 Å². The number of esters is 1. The number of hydrogen-bond donors (Lipinski definition) is 0. The van der Waals surface area contributed by atoms with Gasteiger partial charge in [0.25, 0.3) is 0 Å². The first kappa shape index (κ1) is 17.4. The summed E-state index contributed by atoms with van der Waals surface area (Å²) in [6.45, 7) is 11.7. The number of rotatable bonds is 9. The van der Waals surface area contributed by atoms with Crippen LogP contribution in [0.4, 0.5) is 0 Å². The standard InChI is InChI=1S/C14H24N2O4Si/c1-12(14(17)18-2)10-20-13-8-15-16(9-13)11-19-6-7-21(3,4)5/h8-9H,1,6-7,10-11H2,2-5H3. The third-order valence-corrected chi connectivity index (χ3v) is 4.42. The zero-order chi connectivity index (χ0) is 15.9. The van der Waals surface area contributed by atoms with Crippen molar-refractivity contribution in [1.82, 2.24) is 9.78 Å². The molecule has 0 spiro atoms. The molecule has 0 atom stereocenters. The predicted octanol–water partition coefficient (Wildman–Crippen LogP) is 2.30. The number of hydrogen-bond acceptors (Lipinski definition) is 5. The van der Waals surface area contributed by atoms with Crippen molar-refractivity contribution in [1.29, 1.82) is 0 Å². The fraction of sp³-hybridized carbons (Fsp3) is 0.571. The minimum Gasteiger partial charge on any atom is -0.485 e. The third kappa shape index (κ3) is 7.10. The van der Waals surface area contributed by atoms with Crippen LogP contribution in [-0.4, -0.2) is 44.1 Å². The lowest BCUT2D eigenvalue weighted by atomic mass is 10.3. The van der Waals surface area contributed by atoms with Gasteiger partial charge >= 0.3 is 5.97 Å². The normalized spacial score (nSPS) is 11.2. The molecule has 0 saturated carbocycles. The van der Waals surface area contributed by atoms with Gasteiger partial charge in [-0.05, 0) is 6.04 Å². The molecule has 7 heteroatoms. The van der Waals surface area contributed by atoms with Crippen molar-refractivity contribution in [2.45, 2.75) is 32.4 Å². The number of aromatic nitrogens is 2. The van der Waals surface area contributed by atoms with Crippen LogP contribution in [0.15, 0.2) is 24.5 Å². The monoisotopic (exact) mass is 312 g/mol. The van der Waals surface area contributed by atoms with E-state index in [0.717, 1.165) is 12.7 Å². The van der Waals surface area contributed by atoms with Gasteiger partial charge in [0.2, 0.25) is 0 Å². The van der Waals surface area contributed by atoms with E-state index in [-0.39, 0.29) is 12.2 Å². The van der Waals surface area contributed by atoms with Crippen LogP contribution in [0.5, 0.6) is 5.75 Å². The molecule has 0 N–H and O–H groups in total. The van der Waals surface area contributed by atoms with E-state index in [1.165, 1.54) is 7.11 Å². The van der Waals surface area contributed by atoms with Crippen LogP contribution in [0.3, 0.4) is 0 Å². The molecule has 0 aliphatic heterocycles. The summed E-state index contributed by atoms with van der Waals surface area (Å²) in [6.07, 6.45) is 3.30. The summed E-state index contributed by atoms with van der Waals surface area (Å²) in [5, 5.41) is 4.13. The molecule has 21 heavy (non-hydrogen) atoms. The average molecular weight is 312 g/mol. The third-order valence-electron chi connectivity index (χ3n) is 2.72. The first-order valence-electron chi connectivity index (χ1n) is 6.81. The number of carbonyl (C=O) groups is 1. The predicted molar refractivity (Wildman–Crippen MR) is 83.0 cm³/mol. The molecule has 0 unspecified atom stereocenters. The topological polar surface area (TPSA) is 62.6 Å². The lowest BCUT2D eigenvalue weighted by molar-refractivity contribution is -0.136. The Morgan fingerprint density at radius 1 is 1.43 bits per heavy atom. The summed E-state index contributed by atoms with van der Waals surface area (Å²) in [5.74, 6) is 0.0888. The van der Waals surface area contributed by atoms with Crippen molar-refractivity contribution in [2.75, 3.05) is 20.3 Å². The molecule has 1 heterocycles. The minimum atomic E-state index is -1.06. The summed E-state index contributed by atoms with van der Waals surface area (Å²) in [5.41, 5.74) is 0.261. The molecular formula is C14H24N2O4Si. The molecule has 1 rings (SSSR count). The van der Waals surface area contributed by atoms with Gasteiger partial charge in [-0.3, -0.25) is 0 Å². The van der Waals surface area contributed by atoms with Gasteiger partial charge in [-0.2, -0.15) is 5.10 Å². The molecule has 0 aliphatic rings. The van der Waals surface area contributed by atoms with Gasteiger partial charge in [0.15, 0.2) is 5.75 Å². The van der Waals surface area contributed by atoms with Gasteiger partial charge < -0.3 is 14.2 Å². The Hall–Kier alpha value is -1.60. The number of ether oxygens (including phenoxy) is 3. The highest BCUT2D eigenvalue weighted by atomic mass is 28.3. The van der Waals surface area contributed by atoms with Crippen molar-refractivity contribution in [3.63, 3.8) is 0 Å². The van der Waals surface area contributed by atoms with E-state index < -0.39 is 14.0 Å². The lowest BCUT2D eigenvalue weighted by Crippen LogP contribution is -2.22. The van der Waals surface area contributed by atoms with Crippen molar-refractivity contribution in [2.24, 2.45) is 0 Å². The molecule has 0 fully saturated rings. The second-order valence-corrected chi connectivity index (χ2v) is 11.6. The summed E-state index contributed by atoms with van der Waals surface area (Å²) in [7, 11) is 0.246. The largest absolute Gasteiger partial charge is 0.485 e. The van der Waals surface area contributed by atoms with Crippen LogP contribution in [-0.2, 0) is 21.0 Å². The fourth-order valence-electron chi connectivity index (χ4n) is 1.40. The van der Waals surface area contributed by atoms with E-state index in [1.807, 2.05) is 0 Å². The Kier molecular flexibility index (Phi) is 6.64. The van der Waals surface area contributed by atoms with E-state index in [9.17, 15) is 4.79 Å². The van der Waals surface area contributed by atoms with Crippen LogP contribution >= 0.6 is 0 Å². The zero-order valence-corrected chi connectivity index (χ0v) is 14.2. The summed E-state index contributed by atoms with van der Waals surface area (Å²) < 4.78 is 17.2. The number of carbonyl (C=O) groups excluding carboxylic acids is 1. The fourth-order valence-corrected chi connectivity index (χ4v) is 2.16. The maximum atomic E-state index is 11.2. The minimum absolute atomic E-state index is 0.0782. The van der Waals surface area contributed by atoms with Crippen LogP contribution in [0, 0.1) is 0 Å². The van der Waals surface area contributed by atoms with Gasteiger partial charge in [-0.25, -0.2) is 9.48 Å². The summed E-state index contributed by atoms with van der Waals surface area (Å²) in [4.78, 5) is 11.2. The molecule has 0 aliphatic carbocycles. The molecule has 0 amide bonds.